The third-order valence-electron chi connectivity index (χ3n) is 5.42. The molecule has 2 aliphatic rings. The van der Waals surface area contributed by atoms with Gasteiger partial charge in [0.25, 0.3) is 0 Å². The van der Waals surface area contributed by atoms with E-state index in [-0.39, 0.29) is 6.04 Å². The highest BCUT2D eigenvalue weighted by molar-refractivity contribution is 5.66. The number of imidazole rings is 1. The Balaban J connectivity index is 1.46. The molecule has 0 aliphatic carbocycles. The zero-order valence-electron chi connectivity index (χ0n) is 15.8. The van der Waals surface area contributed by atoms with Crippen LogP contribution in [0.15, 0.2) is 54.6 Å². The van der Waals surface area contributed by atoms with Crippen molar-refractivity contribution in [1.82, 2.24) is 19.9 Å². The minimum atomic E-state index is 0.0938. The Kier molecular flexibility index (Phi) is 4.33. The molecule has 1 N–H and O–H groups in total. The van der Waals surface area contributed by atoms with E-state index in [9.17, 15) is 0 Å². The van der Waals surface area contributed by atoms with Gasteiger partial charge < -0.3 is 14.5 Å². The lowest BCUT2D eigenvalue weighted by Crippen LogP contribution is -2.38. The number of nitrogens with zero attached hydrogens (tertiary/aromatic N) is 3. The normalized spacial score (nSPS) is 18.6. The van der Waals surface area contributed by atoms with Gasteiger partial charge in [-0.15, -0.1) is 0 Å². The number of ether oxygens (including phenoxy) is 2. The molecule has 0 spiro atoms. The molecule has 2 aliphatic heterocycles. The summed E-state index contributed by atoms with van der Waals surface area (Å²) >= 11 is 0. The summed E-state index contributed by atoms with van der Waals surface area (Å²) in [5, 5.41) is 0. The summed E-state index contributed by atoms with van der Waals surface area (Å²) < 4.78 is 11.5. The molecular formula is C22H22N4O2. The van der Waals surface area contributed by atoms with Crippen molar-refractivity contribution in [2.75, 3.05) is 26.8 Å². The van der Waals surface area contributed by atoms with Crippen LogP contribution in [-0.2, 0) is 6.42 Å². The van der Waals surface area contributed by atoms with Crippen molar-refractivity contribution >= 4 is 6.08 Å². The summed E-state index contributed by atoms with van der Waals surface area (Å²) in [5.74, 6) is 1.60. The molecule has 0 saturated carbocycles. The SMILES string of the molecule is COc1cccc2c1OCC(CN1CCc3[nH]cnc3[C@@H]1c1cccnc1)=C2. The zero-order chi connectivity index (χ0) is 18.9. The summed E-state index contributed by atoms with van der Waals surface area (Å²) in [6.45, 7) is 2.34. The second-order valence-electron chi connectivity index (χ2n) is 7.15. The van der Waals surface area contributed by atoms with Crippen LogP contribution in [0.2, 0.25) is 0 Å². The number of benzene rings is 1. The lowest BCUT2D eigenvalue weighted by molar-refractivity contribution is 0.215. The third kappa shape index (κ3) is 2.96. The van der Waals surface area contributed by atoms with Gasteiger partial charge in [0.2, 0.25) is 0 Å². The number of hydrogen-bond acceptors (Lipinski definition) is 5. The summed E-state index contributed by atoms with van der Waals surface area (Å²) in [4.78, 5) is 14.7. The van der Waals surface area contributed by atoms with E-state index in [0.29, 0.717) is 6.61 Å². The van der Waals surface area contributed by atoms with Crippen LogP contribution in [-0.4, -0.2) is 46.7 Å². The number of fused-ring (bicyclic) bond motifs is 2. The second kappa shape index (κ2) is 7.13. The van der Waals surface area contributed by atoms with E-state index < -0.39 is 0 Å². The van der Waals surface area contributed by atoms with E-state index >= 15 is 0 Å². The fraction of sp³-hybridized carbons (Fsp3) is 0.273. The molecule has 6 nitrogen and oxygen atoms in total. The fourth-order valence-corrected chi connectivity index (χ4v) is 4.14. The molecule has 0 fully saturated rings. The molecule has 1 atom stereocenters. The number of para-hydroxylation sites is 1. The predicted molar refractivity (Wildman–Crippen MR) is 106 cm³/mol. The standard InChI is InChI=1S/C22H22N4O2/c1-27-19-6-2-4-16-10-15(13-28-22(16)19)12-26-9-7-18-20(25-14-24-18)21(26)17-5-3-8-23-11-17/h2-6,8,10-11,14,21H,7,9,12-13H2,1H3,(H,24,25)/t21-/m0/s1. The highest BCUT2D eigenvalue weighted by atomic mass is 16.5. The van der Waals surface area contributed by atoms with Gasteiger partial charge in [0.15, 0.2) is 11.5 Å². The van der Waals surface area contributed by atoms with Crippen molar-refractivity contribution in [2.45, 2.75) is 12.5 Å². The molecule has 0 saturated heterocycles. The third-order valence-corrected chi connectivity index (χ3v) is 5.42. The van der Waals surface area contributed by atoms with Gasteiger partial charge in [-0.25, -0.2) is 4.98 Å². The van der Waals surface area contributed by atoms with Gasteiger partial charge in [0.1, 0.15) is 6.61 Å². The highest BCUT2D eigenvalue weighted by Gasteiger charge is 2.32. The number of aromatic amines is 1. The first-order valence-corrected chi connectivity index (χ1v) is 9.49. The van der Waals surface area contributed by atoms with Crippen LogP contribution in [0, 0.1) is 0 Å². The van der Waals surface area contributed by atoms with Crippen LogP contribution in [0.5, 0.6) is 11.5 Å². The van der Waals surface area contributed by atoms with Gasteiger partial charge in [0, 0.05) is 43.2 Å². The van der Waals surface area contributed by atoms with Crippen LogP contribution in [0.4, 0.5) is 0 Å². The molecule has 142 valence electrons. The van der Waals surface area contributed by atoms with Crippen LogP contribution in [0.1, 0.15) is 28.6 Å². The zero-order valence-corrected chi connectivity index (χ0v) is 15.8. The lowest BCUT2D eigenvalue weighted by atomic mass is 9.95. The summed E-state index contributed by atoms with van der Waals surface area (Å²) in [6, 6.07) is 10.2. The molecule has 4 heterocycles. The molecule has 0 amide bonds. The Bertz CT molecular complexity index is 1010. The molecule has 5 rings (SSSR count). The Morgan fingerprint density at radius 2 is 2.25 bits per heavy atom. The Morgan fingerprint density at radius 3 is 3.11 bits per heavy atom. The maximum absolute atomic E-state index is 6.04. The number of aromatic nitrogens is 3. The Hall–Kier alpha value is -3.12. The fourth-order valence-electron chi connectivity index (χ4n) is 4.14. The van der Waals surface area contributed by atoms with Crippen molar-refractivity contribution in [3.8, 4) is 11.5 Å². The first kappa shape index (κ1) is 17.0. The molecule has 3 aromatic rings. The molecule has 0 bridgehead atoms. The van der Waals surface area contributed by atoms with E-state index in [4.69, 9.17) is 9.47 Å². The van der Waals surface area contributed by atoms with E-state index in [2.05, 4.69) is 38.1 Å². The smallest absolute Gasteiger partial charge is 0.168 e. The minimum Gasteiger partial charge on any atom is -0.493 e. The summed E-state index contributed by atoms with van der Waals surface area (Å²) in [5.41, 5.74) is 5.78. The highest BCUT2D eigenvalue weighted by Crippen LogP contribution is 2.37. The van der Waals surface area contributed by atoms with Gasteiger partial charge in [-0.2, -0.15) is 0 Å². The molecule has 1 aromatic carbocycles. The number of pyridine rings is 1. The Morgan fingerprint density at radius 1 is 1.29 bits per heavy atom. The average Bonchev–Trinajstić information content (AvgIpc) is 3.22. The first-order valence-electron chi connectivity index (χ1n) is 9.49. The summed E-state index contributed by atoms with van der Waals surface area (Å²) in [6.07, 6.45) is 8.73. The van der Waals surface area contributed by atoms with Gasteiger partial charge in [0.05, 0.1) is 25.2 Å². The maximum Gasteiger partial charge on any atom is 0.168 e. The van der Waals surface area contributed by atoms with E-state index in [1.54, 1.807) is 13.4 Å². The summed E-state index contributed by atoms with van der Waals surface area (Å²) in [7, 11) is 1.67. The Labute approximate surface area is 163 Å². The topological polar surface area (TPSA) is 63.3 Å². The molecule has 28 heavy (non-hydrogen) atoms. The number of rotatable bonds is 4. The number of nitrogens with one attached hydrogen (secondary N) is 1. The maximum atomic E-state index is 6.04. The van der Waals surface area contributed by atoms with Crippen molar-refractivity contribution in [1.29, 1.82) is 0 Å². The molecule has 6 heteroatoms. The van der Waals surface area contributed by atoms with E-state index in [0.717, 1.165) is 47.8 Å². The van der Waals surface area contributed by atoms with Gasteiger partial charge >= 0.3 is 0 Å². The van der Waals surface area contributed by atoms with Crippen LogP contribution < -0.4 is 9.47 Å². The van der Waals surface area contributed by atoms with Gasteiger partial charge in [-0.3, -0.25) is 9.88 Å². The van der Waals surface area contributed by atoms with Crippen LogP contribution >= 0.6 is 0 Å². The molecule has 0 unspecified atom stereocenters. The molecule has 0 radical (unpaired) electrons. The van der Waals surface area contributed by atoms with Crippen molar-refractivity contribution in [3.63, 3.8) is 0 Å². The van der Waals surface area contributed by atoms with E-state index in [1.165, 1.54) is 11.3 Å². The minimum absolute atomic E-state index is 0.0938. The van der Waals surface area contributed by atoms with Crippen molar-refractivity contribution in [3.05, 3.63) is 77.1 Å². The largest absolute Gasteiger partial charge is 0.493 e. The quantitative estimate of drug-likeness (QED) is 0.760. The van der Waals surface area contributed by atoms with Crippen LogP contribution in [0.3, 0.4) is 0 Å². The van der Waals surface area contributed by atoms with Crippen LogP contribution in [0.25, 0.3) is 6.08 Å². The number of hydrogen-bond donors (Lipinski definition) is 1. The van der Waals surface area contributed by atoms with Gasteiger partial charge in [-0.1, -0.05) is 18.2 Å². The number of H-pyrrole nitrogens is 1. The number of methoxy groups -OCH3 is 1. The molecule has 2 aromatic heterocycles. The molecular weight excluding hydrogens is 352 g/mol. The lowest BCUT2D eigenvalue weighted by Gasteiger charge is -2.36. The van der Waals surface area contributed by atoms with Gasteiger partial charge in [-0.05, 0) is 29.3 Å². The van der Waals surface area contributed by atoms with E-state index in [1.807, 2.05) is 30.6 Å². The second-order valence-corrected chi connectivity index (χ2v) is 7.15. The monoisotopic (exact) mass is 374 g/mol. The van der Waals surface area contributed by atoms with Crippen molar-refractivity contribution in [2.24, 2.45) is 0 Å². The predicted octanol–water partition coefficient (Wildman–Crippen LogP) is 3.24. The average molecular weight is 374 g/mol. The van der Waals surface area contributed by atoms with Crippen molar-refractivity contribution < 1.29 is 9.47 Å². The first-order chi connectivity index (χ1) is 13.8.